The van der Waals surface area contributed by atoms with Gasteiger partial charge in [-0.1, -0.05) is 23.8 Å². The summed E-state index contributed by atoms with van der Waals surface area (Å²) in [4.78, 5) is 16.7. The van der Waals surface area contributed by atoms with Gasteiger partial charge in [-0.2, -0.15) is 4.31 Å². The van der Waals surface area contributed by atoms with E-state index in [0.29, 0.717) is 30.8 Å². The second kappa shape index (κ2) is 7.97. The Kier molecular flexibility index (Phi) is 5.58. The van der Waals surface area contributed by atoms with Gasteiger partial charge in [0.15, 0.2) is 0 Å². The molecular formula is C21H26N2O3S2. The molecule has 3 heterocycles. The molecule has 2 fully saturated rings. The van der Waals surface area contributed by atoms with Crippen molar-refractivity contribution in [3.8, 4) is 0 Å². The first kappa shape index (κ1) is 19.6. The molecule has 2 aromatic rings. The molecule has 1 atom stereocenters. The lowest BCUT2D eigenvalue weighted by Crippen LogP contribution is -2.44. The number of aryl methyl sites for hydroxylation is 1. The van der Waals surface area contributed by atoms with Gasteiger partial charge in [0.05, 0.1) is 10.9 Å². The fourth-order valence-corrected chi connectivity index (χ4v) is 6.59. The fraction of sp³-hybridized carbons (Fsp3) is 0.476. The van der Waals surface area contributed by atoms with E-state index in [9.17, 15) is 13.2 Å². The summed E-state index contributed by atoms with van der Waals surface area (Å²) in [7, 11) is -3.48. The Labute approximate surface area is 171 Å². The Morgan fingerprint density at radius 2 is 1.75 bits per heavy atom. The van der Waals surface area contributed by atoms with Crippen LogP contribution in [0.5, 0.6) is 0 Å². The van der Waals surface area contributed by atoms with Crippen LogP contribution in [-0.2, 0) is 14.8 Å². The molecule has 5 nitrogen and oxygen atoms in total. The minimum Gasteiger partial charge on any atom is -0.335 e. The first-order chi connectivity index (χ1) is 13.5. The number of carbonyl (C=O) groups excluding carboxylic acids is 1. The molecule has 2 saturated heterocycles. The van der Waals surface area contributed by atoms with E-state index in [1.54, 1.807) is 23.5 Å². The largest absolute Gasteiger partial charge is 0.335 e. The molecule has 2 aliphatic heterocycles. The number of carbonyl (C=O) groups is 1. The maximum Gasteiger partial charge on any atom is 0.243 e. The van der Waals surface area contributed by atoms with Gasteiger partial charge in [-0.25, -0.2) is 8.42 Å². The molecule has 2 aliphatic rings. The lowest BCUT2D eigenvalue weighted by Gasteiger charge is -2.34. The highest BCUT2D eigenvalue weighted by Gasteiger charge is 2.37. The van der Waals surface area contributed by atoms with Crippen molar-refractivity contribution in [1.82, 2.24) is 9.21 Å². The van der Waals surface area contributed by atoms with Crippen LogP contribution in [-0.4, -0.2) is 43.2 Å². The van der Waals surface area contributed by atoms with Crippen molar-refractivity contribution in [3.05, 3.63) is 52.2 Å². The van der Waals surface area contributed by atoms with Crippen LogP contribution in [0.1, 0.15) is 42.2 Å². The number of likely N-dealkylation sites (tertiary alicyclic amines) is 1. The first-order valence-electron chi connectivity index (χ1n) is 9.87. The smallest absolute Gasteiger partial charge is 0.243 e. The Bertz CT molecular complexity index is 915. The molecule has 0 bridgehead atoms. The third-order valence-electron chi connectivity index (χ3n) is 5.87. The maximum absolute atomic E-state index is 13.1. The third kappa shape index (κ3) is 3.75. The Balaban J connectivity index is 1.41. The standard InChI is InChI=1S/C21H26N2O3S2/c1-16-6-8-18(9-7-16)28(25,26)22-13-10-17(11-14-22)21(24)23-12-2-4-19(23)20-5-3-15-27-20/h3,5-9,15,17,19H,2,4,10-14H2,1H3. The van der Waals surface area contributed by atoms with Crippen LogP contribution in [0.25, 0.3) is 0 Å². The topological polar surface area (TPSA) is 57.7 Å². The molecule has 1 unspecified atom stereocenters. The Morgan fingerprint density at radius 1 is 1.04 bits per heavy atom. The zero-order valence-corrected chi connectivity index (χ0v) is 17.7. The molecule has 1 aromatic heterocycles. The zero-order valence-electron chi connectivity index (χ0n) is 16.1. The van der Waals surface area contributed by atoms with Gasteiger partial charge in [0.2, 0.25) is 15.9 Å². The number of rotatable bonds is 4. The van der Waals surface area contributed by atoms with Crippen molar-refractivity contribution in [2.75, 3.05) is 19.6 Å². The fourth-order valence-electron chi connectivity index (χ4n) is 4.24. The summed E-state index contributed by atoms with van der Waals surface area (Å²) in [5.41, 5.74) is 1.04. The highest BCUT2D eigenvalue weighted by molar-refractivity contribution is 7.89. The summed E-state index contributed by atoms with van der Waals surface area (Å²) >= 11 is 1.71. The minimum absolute atomic E-state index is 0.0787. The molecule has 4 rings (SSSR count). The van der Waals surface area contributed by atoms with E-state index in [1.807, 2.05) is 30.0 Å². The molecule has 1 aromatic carbocycles. The van der Waals surface area contributed by atoms with E-state index >= 15 is 0 Å². The summed E-state index contributed by atoms with van der Waals surface area (Å²) in [5.74, 6) is 0.119. The van der Waals surface area contributed by atoms with Crippen LogP contribution in [0.15, 0.2) is 46.7 Å². The second-order valence-electron chi connectivity index (χ2n) is 7.70. The SMILES string of the molecule is Cc1ccc(S(=O)(=O)N2CCC(C(=O)N3CCCC3c3cccs3)CC2)cc1. The van der Waals surface area contributed by atoms with Crippen LogP contribution in [0, 0.1) is 12.8 Å². The van der Waals surface area contributed by atoms with Gasteiger partial charge in [0.25, 0.3) is 0 Å². The van der Waals surface area contributed by atoms with Crippen LogP contribution in [0.2, 0.25) is 0 Å². The molecule has 0 radical (unpaired) electrons. The molecule has 0 spiro atoms. The van der Waals surface area contributed by atoms with Gasteiger partial charge >= 0.3 is 0 Å². The molecule has 28 heavy (non-hydrogen) atoms. The number of thiophene rings is 1. The summed E-state index contributed by atoms with van der Waals surface area (Å²) in [6, 6.07) is 11.3. The molecule has 0 saturated carbocycles. The lowest BCUT2D eigenvalue weighted by atomic mass is 9.96. The second-order valence-corrected chi connectivity index (χ2v) is 10.6. The number of hydrogen-bond acceptors (Lipinski definition) is 4. The lowest BCUT2D eigenvalue weighted by molar-refractivity contribution is -0.137. The monoisotopic (exact) mass is 418 g/mol. The highest BCUT2D eigenvalue weighted by Crippen LogP contribution is 2.37. The van der Waals surface area contributed by atoms with E-state index in [0.717, 1.165) is 24.9 Å². The minimum atomic E-state index is -3.48. The maximum atomic E-state index is 13.1. The van der Waals surface area contributed by atoms with Gasteiger partial charge in [-0.15, -0.1) is 11.3 Å². The van der Waals surface area contributed by atoms with E-state index in [-0.39, 0.29) is 17.9 Å². The number of amides is 1. The van der Waals surface area contributed by atoms with E-state index in [4.69, 9.17) is 0 Å². The van der Waals surface area contributed by atoms with Crippen LogP contribution in [0.3, 0.4) is 0 Å². The summed E-state index contributed by atoms with van der Waals surface area (Å²) in [5, 5.41) is 2.06. The Morgan fingerprint density at radius 3 is 2.39 bits per heavy atom. The van der Waals surface area contributed by atoms with Gasteiger partial charge < -0.3 is 4.90 Å². The highest BCUT2D eigenvalue weighted by atomic mass is 32.2. The summed E-state index contributed by atoms with van der Waals surface area (Å²) in [6.07, 6.45) is 3.25. The number of hydrogen-bond donors (Lipinski definition) is 0. The van der Waals surface area contributed by atoms with E-state index in [1.165, 1.54) is 9.18 Å². The number of sulfonamides is 1. The normalized spacial score (nSPS) is 21.9. The third-order valence-corrected chi connectivity index (χ3v) is 8.76. The molecule has 0 N–H and O–H groups in total. The van der Waals surface area contributed by atoms with Gasteiger partial charge in [-0.3, -0.25) is 4.79 Å². The van der Waals surface area contributed by atoms with Crippen molar-refractivity contribution in [1.29, 1.82) is 0 Å². The number of piperidine rings is 1. The average Bonchev–Trinajstić information content (AvgIpc) is 3.39. The van der Waals surface area contributed by atoms with Crippen molar-refractivity contribution < 1.29 is 13.2 Å². The predicted molar refractivity (Wildman–Crippen MR) is 111 cm³/mol. The quantitative estimate of drug-likeness (QED) is 0.758. The molecule has 0 aliphatic carbocycles. The van der Waals surface area contributed by atoms with Crippen molar-refractivity contribution >= 4 is 27.3 Å². The van der Waals surface area contributed by atoms with Gasteiger partial charge in [-0.05, 0) is 56.2 Å². The summed E-state index contributed by atoms with van der Waals surface area (Å²) < 4.78 is 27.3. The van der Waals surface area contributed by atoms with E-state index in [2.05, 4.69) is 11.4 Å². The van der Waals surface area contributed by atoms with Crippen LogP contribution >= 0.6 is 11.3 Å². The number of benzene rings is 1. The van der Waals surface area contributed by atoms with Gasteiger partial charge in [0, 0.05) is 30.4 Å². The van der Waals surface area contributed by atoms with Crippen molar-refractivity contribution in [3.63, 3.8) is 0 Å². The van der Waals surface area contributed by atoms with Gasteiger partial charge in [0.1, 0.15) is 0 Å². The van der Waals surface area contributed by atoms with Crippen LogP contribution in [0.4, 0.5) is 0 Å². The van der Waals surface area contributed by atoms with Crippen LogP contribution < -0.4 is 0 Å². The van der Waals surface area contributed by atoms with Crippen molar-refractivity contribution in [2.45, 2.75) is 43.5 Å². The van der Waals surface area contributed by atoms with E-state index < -0.39 is 10.0 Å². The zero-order chi connectivity index (χ0) is 19.7. The summed E-state index contributed by atoms with van der Waals surface area (Å²) in [6.45, 7) is 3.56. The predicted octanol–water partition coefficient (Wildman–Crippen LogP) is 3.82. The Hall–Kier alpha value is -1.70. The molecule has 150 valence electrons. The molecule has 1 amide bonds. The average molecular weight is 419 g/mol. The number of nitrogens with zero attached hydrogens (tertiary/aromatic N) is 2. The molecular weight excluding hydrogens is 392 g/mol. The molecule has 7 heteroatoms. The first-order valence-corrected chi connectivity index (χ1v) is 12.2. The van der Waals surface area contributed by atoms with Crippen molar-refractivity contribution in [2.24, 2.45) is 5.92 Å².